The first-order valence-corrected chi connectivity index (χ1v) is 5.93. The number of rotatable bonds is 4. The quantitative estimate of drug-likeness (QED) is 0.650. The molecular weight excluding hydrogens is 232 g/mol. The van der Waals surface area contributed by atoms with Crippen LogP contribution in [0.25, 0.3) is 0 Å². The number of anilines is 1. The van der Waals surface area contributed by atoms with E-state index in [2.05, 4.69) is 10.3 Å². The fourth-order valence-electron chi connectivity index (χ4n) is 2.03. The normalized spacial score (nSPS) is 16.4. The van der Waals surface area contributed by atoms with Crippen LogP contribution in [0.4, 0.5) is 11.5 Å². The fraction of sp³-hybridized carbons (Fsp3) is 0.500. The number of nitrogens with one attached hydrogen (secondary N) is 1. The van der Waals surface area contributed by atoms with Gasteiger partial charge in [-0.2, -0.15) is 5.26 Å². The molecule has 0 aliphatic heterocycles. The summed E-state index contributed by atoms with van der Waals surface area (Å²) in [6.07, 6.45) is 4.79. The molecule has 0 aromatic carbocycles. The molecule has 1 aromatic rings. The highest BCUT2D eigenvalue weighted by Crippen LogP contribution is 2.31. The molecule has 1 atom stereocenters. The summed E-state index contributed by atoms with van der Waals surface area (Å²) in [7, 11) is 0. The van der Waals surface area contributed by atoms with Crippen LogP contribution in [-0.4, -0.2) is 15.9 Å². The maximum atomic E-state index is 10.6. The molecule has 18 heavy (non-hydrogen) atoms. The summed E-state index contributed by atoms with van der Waals surface area (Å²) in [6, 6.07) is 3.43. The summed E-state index contributed by atoms with van der Waals surface area (Å²) < 4.78 is 0. The lowest BCUT2D eigenvalue weighted by Gasteiger charge is -2.32. The Labute approximate surface area is 105 Å². The average Bonchev–Trinajstić information content (AvgIpc) is 2.26. The first kappa shape index (κ1) is 12.3. The number of hydrogen-bond acceptors (Lipinski definition) is 5. The van der Waals surface area contributed by atoms with Crippen LogP contribution in [0.2, 0.25) is 0 Å². The Morgan fingerprint density at radius 1 is 1.67 bits per heavy atom. The maximum Gasteiger partial charge on any atom is 0.289 e. The summed E-state index contributed by atoms with van der Waals surface area (Å²) >= 11 is 0. The molecule has 6 nitrogen and oxygen atoms in total. The van der Waals surface area contributed by atoms with Gasteiger partial charge in [-0.25, -0.2) is 4.98 Å². The first-order valence-electron chi connectivity index (χ1n) is 5.93. The molecule has 0 spiro atoms. The van der Waals surface area contributed by atoms with E-state index in [1.165, 1.54) is 31.5 Å². The van der Waals surface area contributed by atoms with Crippen molar-refractivity contribution in [1.82, 2.24) is 4.98 Å². The van der Waals surface area contributed by atoms with Crippen LogP contribution < -0.4 is 5.32 Å². The van der Waals surface area contributed by atoms with E-state index >= 15 is 0 Å². The van der Waals surface area contributed by atoms with Gasteiger partial charge in [-0.15, -0.1) is 0 Å². The van der Waals surface area contributed by atoms with E-state index in [1.807, 2.05) is 13.0 Å². The minimum Gasteiger partial charge on any atom is -0.366 e. The van der Waals surface area contributed by atoms with Gasteiger partial charge >= 0.3 is 0 Å². The SMILES string of the molecule is CC(Nc1ncc([N+](=O)[O-])cc1C#N)C1CCC1. The lowest BCUT2D eigenvalue weighted by molar-refractivity contribution is -0.385. The predicted molar refractivity (Wildman–Crippen MR) is 66.0 cm³/mol. The van der Waals surface area contributed by atoms with Gasteiger partial charge in [-0.05, 0) is 25.7 Å². The Kier molecular flexibility index (Phi) is 3.42. The van der Waals surface area contributed by atoms with Gasteiger partial charge in [0, 0.05) is 12.1 Å². The van der Waals surface area contributed by atoms with E-state index in [1.54, 1.807) is 0 Å². The molecule has 2 rings (SSSR count). The van der Waals surface area contributed by atoms with E-state index in [-0.39, 0.29) is 17.3 Å². The summed E-state index contributed by atoms with van der Waals surface area (Å²) in [5, 5.41) is 22.8. The Balaban J connectivity index is 2.17. The lowest BCUT2D eigenvalue weighted by Crippen LogP contribution is -2.31. The third-order valence-corrected chi connectivity index (χ3v) is 3.43. The van der Waals surface area contributed by atoms with Crippen molar-refractivity contribution in [2.24, 2.45) is 5.92 Å². The number of aromatic nitrogens is 1. The number of nitrogens with zero attached hydrogens (tertiary/aromatic N) is 3. The van der Waals surface area contributed by atoms with Crippen molar-refractivity contribution in [2.75, 3.05) is 5.32 Å². The van der Waals surface area contributed by atoms with Crippen LogP contribution in [0.5, 0.6) is 0 Å². The van der Waals surface area contributed by atoms with Gasteiger partial charge in [0.05, 0.1) is 4.92 Å². The fourth-order valence-corrected chi connectivity index (χ4v) is 2.03. The largest absolute Gasteiger partial charge is 0.366 e. The highest BCUT2D eigenvalue weighted by Gasteiger charge is 2.25. The molecule has 1 fully saturated rings. The van der Waals surface area contributed by atoms with E-state index < -0.39 is 4.92 Å². The molecule has 0 saturated heterocycles. The molecule has 1 aliphatic rings. The summed E-state index contributed by atoms with van der Waals surface area (Å²) in [5.74, 6) is 1.04. The highest BCUT2D eigenvalue weighted by atomic mass is 16.6. The zero-order valence-corrected chi connectivity index (χ0v) is 10.1. The molecule has 1 saturated carbocycles. The monoisotopic (exact) mass is 246 g/mol. The molecule has 0 bridgehead atoms. The molecular formula is C12H14N4O2. The Bertz CT molecular complexity index is 505. The van der Waals surface area contributed by atoms with Gasteiger partial charge in [-0.3, -0.25) is 10.1 Å². The van der Waals surface area contributed by atoms with Gasteiger partial charge in [0.2, 0.25) is 0 Å². The van der Waals surface area contributed by atoms with E-state index in [9.17, 15) is 10.1 Å². The van der Waals surface area contributed by atoms with E-state index in [0.717, 1.165) is 0 Å². The van der Waals surface area contributed by atoms with Crippen molar-refractivity contribution in [1.29, 1.82) is 5.26 Å². The van der Waals surface area contributed by atoms with Crippen LogP contribution in [0.1, 0.15) is 31.7 Å². The molecule has 1 aromatic heterocycles. The van der Waals surface area contributed by atoms with Crippen LogP contribution in [-0.2, 0) is 0 Å². The van der Waals surface area contributed by atoms with Crippen molar-refractivity contribution in [2.45, 2.75) is 32.2 Å². The Hall–Kier alpha value is -2.16. The van der Waals surface area contributed by atoms with Gasteiger partial charge in [0.15, 0.2) is 0 Å². The second-order valence-electron chi connectivity index (χ2n) is 4.58. The van der Waals surface area contributed by atoms with Gasteiger partial charge in [0.25, 0.3) is 5.69 Å². The predicted octanol–water partition coefficient (Wildman–Crippen LogP) is 2.46. The Morgan fingerprint density at radius 3 is 2.89 bits per heavy atom. The topological polar surface area (TPSA) is 91.8 Å². The second kappa shape index (κ2) is 5.00. The Morgan fingerprint density at radius 2 is 2.39 bits per heavy atom. The van der Waals surface area contributed by atoms with Crippen LogP contribution >= 0.6 is 0 Å². The minimum absolute atomic E-state index is 0.159. The van der Waals surface area contributed by atoms with Gasteiger partial charge in [0.1, 0.15) is 23.6 Å². The van der Waals surface area contributed by atoms with Crippen LogP contribution in [0, 0.1) is 27.4 Å². The standard InChI is InChI=1S/C12H14N4O2/c1-8(9-3-2-4-9)15-12-10(6-13)5-11(7-14-12)16(17)18/h5,7-9H,2-4H2,1H3,(H,14,15). The van der Waals surface area contributed by atoms with E-state index in [0.29, 0.717) is 11.7 Å². The van der Waals surface area contributed by atoms with Crippen LogP contribution in [0.15, 0.2) is 12.3 Å². The lowest BCUT2D eigenvalue weighted by atomic mass is 9.80. The third kappa shape index (κ3) is 2.40. The third-order valence-electron chi connectivity index (χ3n) is 3.43. The summed E-state index contributed by atoms with van der Waals surface area (Å²) in [4.78, 5) is 14.0. The molecule has 1 unspecified atom stereocenters. The highest BCUT2D eigenvalue weighted by molar-refractivity contribution is 5.56. The first-order chi connectivity index (χ1) is 8.61. The van der Waals surface area contributed by atoms with Gasteiger partial charge in [-0.1, -0.05) is 6.42 Å². The number of hydrogen-bond donors (Lipinski definition) is 1. The number of nitriles is 1. The number of nitro groups is 1. The van der Waals surface area contributed by atoms with Crippen molar-refractivity contribution in [3.05, 3.63) is 27.9 Å². The minimum atomic E-state index is -0.549. The maximum absolute atomic E-state index is 10.6. The van der Waals surface area contributed by atoms with Crippen LogP contribution in [0.3, 0.4) is 0 Å². The zero-order valence-electron chi connectivity index (χ0n) is 10.1. The summed E-state index contributed by atoms with van der Waals surface area (Å²) in [6.45, 7) is 2.05. The molecule has 1 heterocycles. The molecule has 0 radical (unpaired) electrons. The molecule has 1 aliphatic carbocycles. The molecule has 94 valence electrons. The zero-order chi connectivity index (χ0) is 13.1. The van der Waals surface area contributed by atoms with Crippen molar-refractivity contribution in [3.63, 3.8) is 0 Å². The van der Waals surface area contributed by atoms with Crippen molar-refractivity contribution < 1.29 is 4.92 Å². The molecule has 0 amide bonds. The second-order valence-corrected chi connectivity index (χ2v) is 4.58. The van der Waals surface area contributed by atoms with Crippen molar-refractivity contribution in [3.8, 4) is 6.07 Å². The van der Waals surface area contributed by atoms with Gasteiger partial charge < -0.3 is 5.32 Å². The molecule has 1 N–H and O–H groups in total. The van der Waals surface area contributed by atoms with Crippen molar-refractivity contribution >= 4 is 11.5 Å². The molecule has 6 heteroatoms. The smallest absolute Gasteiger partial charge is 0.289 e. The average molecular weight is 246 g/mol. The summed E-state index contributed by atoms with van der Waals surface area (Å²) in [5.41, 5.74) is 0.0590. The number of pyridine rings is 1. The van der Waals surface area contributed by atoms with E-state index in [4.69, 9.17) is 5.26 Å².